The topological polar surface area (TPSA) is 92.4 Å². The number of carboxylic acid groups (broad SMARTS) is 1. The number of nitrogens with one attached hydrogen (secondary N) is 1. The molecule has 1 rings (SSSR count). The molecule has 0 aromatic heterocycles. The molecule has 0 saturated heterocycles. The van der Waals surface area contributed by atoms with E-state index in [9.17, 15) is 14.7 Å². The van der Waals surface area contributed by atoms with E-state index in [1.807, 2.05) is 6.92 Å². The molecule has 1 aliphatic rings. The predicted molar refractivity (Wildman–Crippen MR) is 73.6 cm³/mol. The van der Waals surface area contributed by atoms with Gasteiger partial charge in [-0.05, 0) is 25.3 Å². The lowest BCUT2D eigenvalue weighted by Crippen LogP contribution is -2.43. The van der Waals surface area contributed by atoms with E-state index in [0.717, 1.165) is 25.7 Å². The minimum atomic E-state index is -0.776. The number of aliphatic carboxylic acids is 1. The lowest BCUT2D eigenvalue weighted by molar-refractivity contribution is -0.149. The molecule has 1 amide bonds. The second-order valence-electron chi connectivity index (χ2n) is 5.82. The number of hydrogen-bond acceptors (Lipinski definition) is 3. The van der Waals surface area contributed by atoms with Crippen LogP contribution in [-0.4, -0.2) is 30.1 Å². The van der Waals surface area contributed by atoms with E-state index >= 15 is 0 Å². The molecule has 0 heterocycles. The van der Waals surface area contributed by atoms with Crippen LogP contribution in [0.15, 0.2) is 0 Å². The van der Waals surface area contributed by atoms with Crippen molar-refractivity contribution >= 4 is 11.9 Å². The number of hydrogen-bond donors (Lipinski definition) is 3. The third-order valence-corrected chi connectivity index (χ3v) is 4.07. The summed E-state index contributed by atoms with van der Waals surface area (Å²) in [5, 5.41) is 12.3. The van der Waals surface area contributed by atoms with E-state index in [0.29, 0.717) is 25.8 Å². The van der Waals surface area contributed by atoms with E-state index in [4.69, 9.17) is 5.73 Å². The summed E-state index contributed by atoms with van der Waals surface area (Å²) >= 11 is 0. The van der Waals surface area contributed by atoms with E-state index < -0.39 is 11.4 Å². The van der Waals surface area contributed by atoms with Crippen LogP contribution in [0.2, 0.25) is 0 Å². The maximum Gasteiger partial charge on any atom is 0.311 e. The molecule has 5 heteroatoms. The van der Waals surface area contributed by atoms with E-state index in [1.54, 1.807) is 0 Å². The van der Waals surface area contributed by atoms with Gasteiger partial charge in [-0.1, -0.05) is 32.6 Å². The van der Waals surface area contributed by atoms with Crippen molar-refractivity contribution in [3.05, 3.63) is 0 Å². The molecule has 0 aromatic carbocycles. The Morgan fingerprint density at radius 1 is 1.26 bits per heavy atom. The molecule has 1 fully saturated rings. The SMILES string of the molecule is CC(CN)CC(=O)NCC1(C(=O)O)CCCCCC1. The number of rotatable bonds is 6. The normalized spacial score (nSPS) is 20.3. The third-order valence-electron chi connectivity index (χ3n) is 4.07. The highest BCUT2D eigenvalue weighted by Gasteiger charge is 2.38. The second kappa shape index (κ2) is 7.48. The van der Waals surface area contributed by atoms with Crippen LogP contribution in [0.1, 0.15) is 51.9 Å². The molecule has 0 spiro atoms. The van der Waals surface area contributed by atoms with Gasteiger partial charge in [-0.3, -0.25) is 9.59 Å². The van der Waals surface area contributed by atoms with Gasteiger partial charge in [0.05, 0.1) is 5.41 Å². The van der Waals surface area contributed by atoms with E-state index in [1.165, 1.54) is 0 Å². The van der Waals surface area contributed by atoms with Crippen LogP contribution < -0.4 is 11.1 Å². The fraction of sp³-hybridized carbons (Fsp3) is 0.857. The Bertz CT molecular complexity index is 310. The minimum Gasteiger partial charge on any atom is -0.481 e. The molecule has 0 aliphatic heterocycles. The molecular weight excluding hydrogens is 244 g/mol. The van der Waals surface area contributed by atoms with Gasteiger partial charge in [0.25, 0.3) is 0 Å². The molecule has 5 nitrogen and oxygen atoms in total. The van der Waals surface area contributed by atoms with Crippen LogP contribution in [0.25, 0.3) is 0 Å². The minimum absolute atomic E-state index is 0.0946. The molecule has 1 saturated carbocycles. The van der Waals surface area contributed by atoms with Crippen LogP contribution in [0.3, 0.4) is 0 Å². The summed E-state index contributed by atoms with van der Waals surface area (Å²) in [6, 6.07) is 0. The molecule has 110 valence electrons. The molecular formula is C14H26N2O3. The Kier molecular flexibility index (Phi) is 6.28. The lowest BCUT2D eigenvalue weighted by Gasteiger charge is -2.28. The van der Waals surface area contributed by atoms with Crippen molar-refractivity contribution in [2.24, 2.45) is 17.1 Å². The summed E-state index contributed by atoms with van der Waals surface area (Å²) in [5.74, 6) is -0.737. The van der Waals surface area contributed by atoms with Crippen molar-refractivity contribution in [3.8, 4) is 0 Å². The van der Waals surface area contributed by atoms with Crippen molar-refractivity contribution in [2.45, 2.75) is 51.9 Å². The van der Waals surface area contributed by atoms with Gasteiger partial charge in [0, 0.05) is 13.0 Å². The highest BCUT2D eigenvalue weighted by Crippen LogP contribution is 2.34. The number of carbonyl (C=O) groups excluding carboxylic acids is 1. The fourth-order valence-corrected chi connectivity index (χ4v) is 2.61. The van der Waals surface area contributed by atoms with Crippen LogP contribution in [-0.2, 0) is 9.59 Å². The highest BCUT2D eigenvalue weighted by molar-refractivity contribution is 5.79. The summed E-state index contributed by atoms with van der Waals surface area (Å²) in [6.07, 6.45) is 5.74. The largest absolute Gasteiger partial charge is 0.481 e. The Balaban J connectivity index is 2.54. The zero-order valence-corrected chi connectivity index (χ0v) is 11.8. The number of nitrogens with two attached hydrogens (primary N) is 1. The van der Waals surface area contributed by atoms with Gasteiger partial charge in [0.15, 0.2) is 0 Å². The van der Waals surface area contributed by atoms with Crippen LogP contribution in [0, 0.1) is 11.3 Å². The zero-order chi connectivity index (χ0) is 14.3. The number of carbonyl (C=O) groups is 2. The Labute approximate surface area is 114 Å². The quantitative estimate of drug-likeness (QED) is 0.638. The molecule has 0 radical (unpaired) electrons. The average Bonchev–Trinajstić information content (AvgIpc) is 2.62. The summed E-state index contributed by atoms with van der Waals surface area (Å²) in [6.45, 7) is 2.63. The Morgan fingerprint density at radius 3 is 2.32 bits per heavy atom. The summed E-state index contributed by atoms with van der Waals surface area (Å²) in [4.78, 5) is 23.3. The van der Waals surface area contributed by atoms with Crippen molar-refractivity contribution in [3.63, 3.8) is 0 Å². The molecule has 1 aliphatic carbocycles. The second-order valence-corrected chi connectivity index (χ2v) is 5.82. The van der Waals surface area contributed by atoms with E-state index in [2.05, 4.69) is 5.32 Å². The molecule has 0 aromatic rings. The first-order chi connectivity index (χ1) is 9.00. The van der Waals surface area contributed by atoms with Gasteiger partial charge in [0.2, 0.25) is 5.91 Å². The van der Waals surface area contributed by atoms with Gasteiger partial charge < -0.3 is 16.2 Å². The van der Waals surface area contributed by atoms with Crippen molar-refractivity contribution in [2.75, 3.05) is 13.1 Å². The highest BCUT2D eigenvalue weighted by atomic mass is 16.4. The number of carboxylic acids is 1. The van der Waals surface area contributed by atoms with Gasteiger partial charge in [0.1, 0.15) is 0 Å². The van der Waals surface area contributed by atoms with Gasteiger partial charge in [-0.2, -0.15) is 0 Å². The molecule has 4 N–H and O–H groups in total. The Morgan fingerprint density at radius 2 is 1.84 bits per heavy atom. The standard InChI is InChI=1S/C14H26N2O3/c1-11(9-15)8-12(17)16-10-14(13(18)19)6-4-2-3-5-7-14/h11H,2-10,15H2,1H3,(H,16,17)(H,18,19). The first-order valence-corrected chi connectivity index (χ1v) is 7.20. The summed E-state index contributed by atoms with van der Waals surface area (Å²) in [7, 11) is 0. The van der Waals surface area contributed by atoms with Crippen LogP contribution in [0.5, 0.6) is 0 Å². The van der Waals surface area contributed by atoms with Gasteiger partial charge in [-0.25, -0.2) is 0 Å². The van der Waals surface area contributed by atoms with Crippen molar-refractivity contribution in [1.82, 2.24) is 5.32 Å². The maximum atomic E-state index is 11.7. The lowest BCUT2D eigenvalue weighted by atomic mass is 9.80. The first kappa shape index (κ1) is 16.0. The maximum absolute atomic E-state index is 11.7. The van der Waals surface area contributed by atoms with Crippen LogP contribution >= 0.6 is 0 Å². The fourth-order valence-electron chi connectivity index (χ4n) is 2.61. The van der Waals surface area contributed by atoms with Crippen molar-refractivity contribution < 1.29 is 14.7 Å². The predicted octanol–water partition coefficient (Wildman–Crippen LogP) is 1.51. The molecule has 0 bridgehead atoms. The molecule has 1 atom stereocenters. The first-order valence-electron chi connectivity index (χ1n) is 7.20. The van der Waals surface area contributed by atoms with Gasteiger partial charge >= 0.3 is 5.97 Å². The number of amides is 1. The monoisotopic (exact) mass is 270 g/mol. The zero-order valence-electron chi connectivity index (χ0n) is 11.8. The average molecular weight is 270 g/mol. The molecule has 19 heavy (non-hydrogen) atoms. The van der Waals surface area contributed by atoms with Crippen molar-refractivity contribution in [1.29, 1.82) is 0 Å². The third kappa shape index (κ3) is 4.82. The smallest absolute Gasteiger partial charge is 0.311 e. The van der Waals surface area contributed by atoms with Gasteiger partial charge in [-0.15, -0.1) is 0 Å². The van der Waals surface area contributed by atoms with E-state index in [-0.39, 0.29) is 18.4 Å². The molecule has 1 unspecified atom stereocenters. The van der Waals surface area contributed by atoms with Crippen LogP contribution in [0.4, 0.5) is 0 Å². The summed E-state index contributed by atoms with van der Waals surface area (Å²) in [5.41, 5.74) is 4.71. The Hall–Kier alpha value is -1.10. The summed E-state index contributed by atoms with van der Waals surface area (Å²) < 4.78 is 0.